The molecule has 8 heteroatoms. The van der Waals surface area contributed by atoms with E-state index in [1.807, 2.05) is 0 Å². The van der Waals surface area contributed by atoms with Gasteiger partial charge in [-0.1, -0.05) is 39.3 Å². The first kappa shape index (κ1) is 23.3. The van der Waals surface area contributed by atoms with Gasteiger partial charge in [0.15, 0.2) is 0 Å². The third kappa shape index (κ3) is 9.29. The third-order valence-corrected chi connectivity index (χ3v) is 6.64. The summed E-state index contributed by atoms with van der Waals surface area (Å²) < 4.78 is 12.9. The largest absolute Gasteiger partial charge is 0.543 e. The van der Waals surface area contributed by atoms with Crippen LogP contribution in [-0.4, -0.2) is 33.1 Å². The van der Waals surface area contributed by atoms with Crippen molar-refractivity contribution in [1.29, 1.82) is 0 Å². The van der Waals surface area contributed by atoms with Crippen molar-refractivity contribution in [2.45, 2.75) is 78.6 Å². The normalized spacial score (nSPS) is 13.4. The number of benzene rings is 1. The molecule has 0 bridgehead atoms. The Balaban J connectivity index is 3.53. The summed E-state index contributed by atoms with van der Waals surface area (Å²) in [6.45, 7) is 27.2. The van der Waals surface area contributed by atoms with Crippen LogP contribution in [0.5, 0.6) is 11.5 Å². The van der Waals surface area contributed by atoms with Gasteiger partial charge in [-0.2, -0.15) is 0 Å². The van der Waals surface area contributed by atoms with E-state index in [1.54, 1.807) is 0 Å². The van der Waals surface area contributed by atoms with Crippen LogP contribution < -0.4 is 18.8 Å². The van der Waals surface area contributed by atoms with E-state index in [9.17, 15) is 0 Å². The minimum Gasteiger partial charge on any atom is -0.543 e. The van der Waals surface area contributed by atoms with Gasteiger partial charge in [0.25, 0.3) is 0 Å². The Hall–Kier alpha value is -0.712. The Morgan fingerprint density at radius 2 is 0.846 bits per heavy atom. The molecule has 0 atom stereocenters. The molecule has 0 saturated heterocycles. The van der Waals surface area contributed by atoms with Gasteiger partial charge in [0.1, 0.15) is 28.0 Å². The molecule has 0 saturated carbocycles. The zero-order chi connectivity index (χ0) is 20.6. The van der Waals surface area contributed by atoms with Crippen molar-refractivity contribution in [3.8, 4) is 11.5 Å². The Kier molecular flexibility index (Phi) is 6.93. The molecular formula is C18H40N2O2Si4. The molecule has 0 heterocycles. The third-order valence-electron chi connectivity index (χ3n) is 2.93. The molecule has 0 aliphatic heterocycles. The molecule has 1 aromatic carbocycles. The van der Waals surface area contributed by atoms with Crippen LogP contribution in [0.4, 0.5) is 11.4 Å². The molecule has 1 aromatic rings. The van der Waals surface area contributed by atoms with Crippen molar-refractivity contribution < 1.29 is 8.85 Å². The highest BCUT2D eigenvalue weighted by Gasteiger charge is 2.27. The summed E-state index contributed by atoms with van der Waals surface area (Å²) in [5.41, 5.74) is 2.19. The molecule has 0 aliphatic rings. The molecule has 2 N–H and O–H groups in total. The Morgan fingerprint density at radius 3 is 1.08 bits per heavy atom. The van der Waals surface area contributed by atoms with Crippen molar-refractivity contribution in [3.63, 3.8) is 0 Å². The lowest BCUT2D eigenvalue weighted by Gasteiger charge is -2.31. The van der Waals surface area contributed by atoms with Gasteiger partial charge >= 0.3 is 0 Å². The van der Waals surface area contributed by atoms with Crippen LogP contribution in [0, 0.1) is 0 Å². The zero-order valence-corrected chi connectivity index (χ0v) is 23.0. The fraction of sp³-hybridized carbons (Fsp3) is 0.667. The van der Waals surface area contributed by atoms with Crippen LogP contribution in [0.2, 0.25) is 78.6 Å². The smallest absolute Gasteiger partial charge is 0.242 e. The maximum absolute atomic E-state index is 6.44. The van der Waals surface area contributed by atoms with Crippen LogP contribution >= 0.6 is 0 Å². The molecule has 150 valence electrons. The first-order valence-corrected chi connectivity index (χ1v) is 23.3. The molecule has 0 unspecified atom stereocenters. The number of rotatable bonds is 8. The SMILES string of the molecule is C[Si](C)(C)Nc1cc(N[Si](C)(C)C)c(O[Si](C)(C)C)cc1O[Si](C)(C)C. The minimum absolute atomic E-state index is 0.931. The fourth-order valence-corrected chi connectivity index (χ4v) is 6.06. The summed E-state index contributed by atoms with van der Waals surface area (Å²) in [5.74, 6) is 1.86. The van der Waals surface area contributed by atoms with Crippen LogP contribution in [0.1, 0.15) is 0 Å². The Morgan fingerprint density at radius 1 is 0.538 bits per heavy atom. The fourth-order valence-electron chi connectivity index (χ4n) is 2.39. The molecule has 0 fully saturated rings. The van der Waals surface area contributed by atoms with E-state index >= 15 is 0 Å². The quantitative estimate of drug-likeness (QED) is 0.457. The van der Waals surface area contributed by atoms with Crippen molar-refractivity contribution in [2.75, 3.05) is 9.96 Å². The molecule has 4 nitrogen and oxygen atoms in total. The lowest BCUT2D eigenvalue weighted by atomic mass is 10.2. The second-order valence-electron chi connectivity index (χ2n) is 11.0. The van der Waals surface area contributed by atoms with Gasteiger partial charge < -0.3 is 18.8 Å². The summed E-state index contributed by atoms with van der Waals surface area (Å²) in [4.78, 5) is 7.51. The second kappa shape index (κ2) is 7.73. The van der Waals surface area contributed by atoms with Crippen molar-refractivity contribution in [2.24, 2.45) is 0 Å². The van der Waals surface area contributed by atoms with Crippen LogP contribution in [0.15, 0.2) is 12.1 Å². The highest BCUT2D eigenvalue weighted by Crippen LogP contribution is 2.40. The molecule has 0 amide bonds. The monoisotopic (exact) mass is 428 g/mol. The predicted octanol–water partition coefficient (Wildman–Crippen LogP) is 6.61. The highest BCUT2D eigenvalue weighted by molar-refractivity contribution is 6.80. The molecule has 0 aromatic heterocycles. The van der Waals surface area contributed by atoms with Crippen LogP contribution in [0.25, 0.3) is 0 Å². The topological polar surface area (TPSA) is 42.5 Å². The molecule has 1 rings (SSSR count). The van der Waals surface area contributed by atoms with Crippen LogP contribution in [0.3, 0.4) is 0 Å². The summed E-state index contributed by atoms with van der Waals surface area (Å²) in [6, 6.07) is 4.32. The Bertz CT molecular complexity index is 518. The predicted molar refractivity (Wildman–Crippen MR) is 128 cm³/mol. The molecule has 0 radical (unpaired) electrons. The van der Waals surface area contributed by atoms with E-state index in [2.05, 4.69) is 101 Å². The van der Waals surface area contributed by atoms with Crippen molar-refractivity contribution >= 4 is 44.5 Å². The molecule has 0 aliphatic carbocycles. The molecule has 26 heavy (non-hydrogen) atoms. The van der Waals surface area contributed by atoms with Gasteiger partial charge in [-0.05, 0) is 45.3 Å². The van der Waals surface area contributed by atoms with Gasteiger partial charge in [0.05, 0.1) is 11.4 Å². The minimum atomic E-state index is -1.73. The maximum Gasteiger partial charge on any atom is 0.242 e. The average Bonchev–Trinajstić information content (AvgIpc) is 2.26. The van der Waals surface area contributed by atoms with Gasteiger partial charge in [0.2, 0.25) is 16.6 Å². The lowest BCUT2D eigenvalue weighted by Crippen LogP contribution is -2.36. The number of hydrogen-bond acceptors (Lipinski definition) is 4. The van der Waals surface area contributed by atoms with E-state index in [0.717, 1.165) is 22.9 Å². The average molecular weight is 429 g/mol. The van der Waals surface area contributed by atoms with E-state index in [1.165, 1.54) is 0 Å². The van der Waals surface area contributed by atoms with Crippen molar-refractivity contribution in [1.82, 2.24) is 0 Å². The molecular weight excluding hydrogens is 389 g/mol. The van der Waals surface area contributed by atoms with Gasteiger partial charge in [0, 0.05) is 6.07 Å². The van der Waals surface area contributed by atoms with E-state index in [4.69, 9.17) is 8.85 Å². The van der Waals surface area contributed by atoms with E-state index in [-0.39, 0.29) is 0 Å². The first-order chi connectivity index (χ1) is 11.3. The van der Waals surface area contributed by atoms with Crippen LogP contribution in [-0.2, 0) is 0 Å². The lowest BCUT2D eigenvalue weighted by molar-refractivity contribution is 0.536. The summed E-state index contributed by atoms with van der Waals surface area (Å²) in [6.07, 6.45) is 0. The summed E-state index contributed by atoms with van der Waals surface area (Å²) >= 11 is 0. The zero-order valence-electron chi connectivity index (χ0n) is 19.0. The number of anilines is 2. The summed E-state index contributed by atoms with van der Waals surface area (Å²) in [7, 11) is -6.49. The van der Waals surface area contributed by atoms with E-state index < -0.39 is 33.1 Å². The highest BCUT2D eigenvalue weighted by atomic mass is 28.4. The first-order valence-electron chi connectivity index (χ1n) is 9.47. The van der Waals surface area contributed by atoms with E-state index in [0.29, 0.717) is 0 Å². The summed E-state index contributed by atoms with van der Waals surface area (Å²) in [5, 5.41) is 0. The van der Waals surface area contributed by atoms with Gasteiger partial charge in [-0.3, -0.25) is 0 Å². The number of hydrogen-bond donors (Lipinski definition) is 2. The molecule has 0 spiro atoms. The van der Waals surface area contributed by atoms with Gasteiger partial charge in [-0.25, -0.2) is 0 Å². The standard InChI is InChI=1S/C18H40N2O2Si4/c1-23(2,3)19-15-13-16(20-24(4,5)6)18(22-26(10,11)12)14-17(15)21-25(7,8)9/h13-14,19-20H,1-12H3. The van der Waals surface area contributed by atoms with Crippen molar-refractivity contribution in [3.05, 3.63) is 12.1 Å². The maximum atomic E-state index is 6.44. The second-order valence-corrected chi connectivity index (χ2v) is 29.4. The number of nitrogens with one attached hydrogen (secondary N) is 2. The Labute approximate surface area is 165 Å². The van der Waals surface area contributed by atoms with Gasteiger partial charge in [-0.15, -0.1) is 0 Å².